The van der Waals surface area contributed by atoms with Gasteiger partial charge in [0.25, 0.3) is 5.79 Å². The van der Waals surface area contributed by atoms with Crippen LogP contribution in [0.4, 0.5) is 0 Å². The van der Waals surface area contributed by atoms with Crippen LogP contribution in [0.2, 0.25) is 0 Å². The molecule has 0 spiro atoms. The maximum atomic E-state index is 12.2. The van der Waals surface area contributed by atoms with E-state index in [9.17, 15) is 30.0 Å². The fourth-order valence-electron chi connectivity index (χ4n) is 2.49. The Balaban J connectivity index is 3.08. The number of hydrogen-bond acceptors (Lipinski definition) is 9. The van der Waals surface area contributed by atoms with Crippen molar-refractivity contribution in [1.82, 2.24) is 5.32 Å². The van der Waals surface area contributed by atoms with E-state index in [1.54, 1.807) is 13.8 Å². The zero-order chi connectivity index (χ0) is 19.4. The standard InChI is InChI=1S/C15H27NO9/c1-4-7(2)24-14(22)15(23)5-9(19)11(16-8(3)18)13(25-15)12(21)10(20)6-17/h7,9-13,17,19-21,23H,4-6H2,1-3H3,(H,16,18)/t7?,9-,10?,11+,12?,13+,15?/m0/s1. The minimum Gasteiger partial charge on any atom is -0.459 e. The highest BCUT2D eigenvalue weighted by molar-refractivity contribution is 5.78. The van der Waals surface area contributed by atoms with Crippen molar-refractivity contribution >= 4 is 11.9 Å². The smallest absolute Gasteiger partial charge is 0.367 e. The summed E-state index contributed by atoms with van der Waals surface area (Å²) in [5, 5.41) is 51.8. The van der Waals surface area contributed by atoms with E-state index in [1.165, 1.54) is 0 Å². The van der Waals surface area contributed by atoms with Crippen molar-refractivity contribution in [3.63, 3.8) is 0 Å². The molecule has 1 amide bonds. The van der Waals surface area contributed by atoms with E-state index >= 15 is 0 Å². The lowest BCUT2D eigenvalue weighted by Gasteiger charge is -2.45. The van der Waals surface area contributed by atoms with Gasteiger partial charge in [-0.2, -0.15) is 0 Å². The minimum atomic E-state index is -2.57. The second kappa shape index (κ2) is 8.88. The van der Waals surface area contributed by atoms with Gasteiger partial charge in [-0.1, -0.05) is 6.92 Å². The number of carbonyl (C=O) groups excluding carboxylic acids is 2. The Kier molecular flexibility index (Phi) is 7.72. The van der Waals surface area contributed by atoms with Crippen LogP contribution in [0.5, 0.6) is 0 Å². The maximum Gasteiger partial charge on any atom is 0.367 e. The average molecular weight is 365 g/mol. The zero-order valence-electron chi connectivity index (χ0n) is 14.5. The normalized spacial score (nSPS) is 33.2. The molecule has 1 fully saturated rings. The van der Waals surface area contributed by atoms with Crippen LogP contribution < -0.4 is 5.32 Å². The third-order valence-electron chi connectivity index (χ3n) is 4.08. The molecule has 0 aromatic rings. The number of ether oxygens (including phenoxy) is 2. The second-order valence-corrected chi connectivity index (χ2v) is 6.23. The van der Waals surface area contributed by atoms with Crippen molar-refractivity contribution in [2.45, 2.75) is 76.0 Å². The van der Waals surface area contributed by atoms with Gasteiger partial charge in [-0.05, 0) is 13.3 Å². The van der Waals surface area contributed by atoms with E-state index < -0.39 is 67.3 Å². The summed E-state index contributed by atoms with van der Waals surface area (Å²) in [6.07, 6.45) is -7.15. The first-order chi connectivity index (χ1) is 11.6. The molecule has 0 aliphatic carbocycles. The summed E-state index contributed by atoms with van der Waals surface area (Å²) in [4.78, 5) is 23.5. The maximum absolute atomic E-state index is 12.2. The Morgan fingerprint density at radius 2 is 2.00 bits per heavy atom. The highest BCUT2D eigenvalue weighted by Crippen LogP contribution is 2.31. The molecule has 0 bridgehead atoms. The highest BCUT2D eigenvalue weighted by atomic mass is 16.7. The van der Waals surface area contributed by atoms with Crippen molar-refractivity contribution in [2.24, 2.45) is 0 Å². The van der Waals surface area contributed by atoms with Gasteiger partial charge in [-0.15, -0.1) is 0 Å². The molecule has 10 nitrogen and oxygen atoms in total. The summed E-state index contributed by atoms with van der Waals surface area (Å²) >= 11 is 0. The SMILES string of the molecule is CCC(C)OC(=O)C1(O)C[C@H](O)[C@@H](NC(C)=O)[C@H](C(O)C(O)CO)O1. The molecule has 0 aromatic heterocycles. The highest BCUT2D eigenvalue weighted by Gasteiger charge is 2.54. The molecule has 0 aromatic carbocycles. The van der Waals surface area contributed by atoms with E-state index in [0.29, 0.717) is 6.42 Å². The minimum absolute atomic E-state index is 0.480. The second-order valence-electron chi connectivity index (χ2n) is 6.23. The number of carbonyl (C=O) groups is 2. The lowest BCUT2D eigenvalue weighted by molar-refractivity contribution is -0.298. The molecule has 0 saturated carbocycles. The monoisotopic (exact) mass is 365 g/mol. The van der Waals surface area contributed by atoms with Gasteiger partial charge < -0.3 is 40.3 Å². The van der Waals surface area contributed by atoms with Crippen LogP contribution >= 0.6 is 0 Å². The number of rotatable bonds is 7. The van der Waals surface area contributed by atoms with E-state index in [0.717, 1.165) is 6.92 Å². The van der Waals surface area contributed by atoms with Crippen LogP contribution in [-0.4, -0.2) is 86.4 Å². The summed E-state index contributed by atoms with van der Waals surface area (Å²) in [5.41, 5.74) is 0. The number of aliphatic hydroxyl groups excluding tert-OH is 4. The molecular weight excluding hydrogens is 338 g/mol. The number of hydrogen-bond donors (Lipinski definition) is 6. The van der Waals surface area contributed by atoms with Gasteiger partial charge in [0.05, 0.1) is 24.9 Å². The molecule has 1 heterocycles. The molecule has 4 unspecified atom stereocenters. The molecule has 7 atom stereocenters. The van der Waals surface area contributed by atoms with Gasteiger partial charge in [0.15, 0.2) is 0 Å². The molecule has 1 saturated heterocycles. The predicted octanol–water partition coefficient (Wildman–Crippen LogP) is -2.61. The molecule has 10 heteroatoms. The lowest BCUT2D eigenvalue weighted by atomic mass is 9.88. The van der Waals surface area contributed by atoms with Crippen molar-refractivity contribution in [2.75, 3.05) is 6.61 Å². The third-order valence-corrected chi connectivity index (χ3v) is 4.08. The van der Waals surface area contributed by atoms with Gasteiger partial charge in [0.1, 0.15) is 18.3 Å². The summed E-state index contributed by atoms with van der Waals surface area (Å²) in [6, 6.07) is -1.22. The Labute approximate surface area is 145 Å². The Morgan fingerprint density at radius 3 is 2.48 bits per heavy atom. The lowest BCUT2D eigenvalue weighted by Crippen LogP contribution is -2.67. The van der Waals surface area contributed by atoms with Crippen molar-refractivity contribution in [1.29, 1.82) is 0 Å². The molecule has 1 rings (SSSR count). The third kappa shape index (κ3) is 5.33. The topological polar surface area (TPSA) is 166 Å². The Bertz CT molecular complexity index is 474. The molecule has 0 radical (unpaired) electrons. The first-order valence-corrected chi connectivity index (χ1v) is 8.09. The van der Waals surface area contributed by atoms with E-state index in [1.807, 2.05) is 0 Å². The van der Waals surface area contributed by atoms with Crippen LogP contribution in [0, 0.1) is 0 Å². The molecule has 6 N–H and O–H groups in total. The number of nitrogens with one attached hydrogen (secondary N) is 1. The molecule has 25 heavy (non-hydrogen) atoms. The Hall–Kier alpha value is -1.30. The van der Waals surface area contributed by atoms with Gasteiger partial charge in [-0.25, -0.2) is 4.79 Å². The van der Waals surface area contributed by atoms with Crippen LogP contribution in [0.3, 0.4) is 0 Å². The first kappa shape index (κ1) is 21.7. The summed E-state index contributed by atoms with van der Waals surface area (Å²) in [7, 11) is 0. The number of aliphatic hydroxyl groups is 5. The van der Waals surface area contributed by atoms with Gasteiger partial charge >= 0.3 is 5.97 Å². The van der Waals surface area contributed by atoms with E-state index in [4.69, 9.17) is 14.6 Å². The number of amides is 1. The largest absolute Gasteiger partial charge is 0.459 e. The van der Waals surface area contributed by atoms with E-state index in [2.05, 4.69) is 5.32 Å². The average Bonchev–Trinajstić information content (AvgIpc) is 2.55. The molecule has 1 aliphatic rings. The van der Waals surface area contributed by atoms with Crippen LogP contribution in [0.25, 0.3) is 0 Å². The van der Waals surface area contributed by atoms with Gasteiger partial charge in [0, 0.05) is 13.3 Å². The fourth-order valence-corrected chi connectivity index (χ4v) is 2.49. The summed E-state index contributed by atoms with van der Waals surface area (Å²) in [6.45, 7) is 3.69. The fraction of sp³-hybridized carbons (Fsp3) is 0.867. The van der Waals surface area contributed by atoms with Crippen LogP contribution in [0.15, 0.2) is 0 Å². The zero-order valence-corrected chi connectivity index (χ0v) is 14.5. The van der Waals surface area contributed by atoms with Crippen molar-refractivity contribution in [3.05, 3.63) is 0 Å². The van der Waals surface area contributed by atoms with Gasteiger partial charge in [-0.3, -0.25) is 4.79 Å². The quantitative estimate of drug-likeness (QED) is 0.265. The first-order valence-electron chi connectivity index (χ1n) is 8.09. The summed E-state index contributed by atoms with van der Waals surface area (Å²) in [5.74, 6) is -4.28. The Morgan fingerprint density at radius 1 is 1.40 bits per heavy atom. The predicted molar refractivity (Wildman–Crippen MR) is 83.0 cm³/mol. The molecular formula is C15H27NO9. The molecule has 146 valence electrons. The summed E-state index contributed by atoms with van der Waals surface area (Å²) < 4.78 is 10.3. The van der Waals surface area contributed by atoms with E-state index in [-0.39, 0.29) is 0 Å². The number of esters is 1. The van der Waals surface area contributed by atoms with Crippen molar-refractivity contribution < 1.29 is 44.6 Å². The van der Waals surface area contributed by atoms with Crippen LogP contribution in [0.1, 0.15) is 33.6 Å². The van der Waals surface area contributed by atoms with Gasteiger partial charge in [0.2, 0.25) is 5.91 Å². The molecule has 1 aliphatic heterocycles. The van der Waals surface area contributed by atoms with Crippen LogP contribution in [-0.2, 0) is 19.1 Å². The van der Waals surface area contributed by atoms with Crippen molar-refractivity contribution in [3.8, 4) is 0 Å².